The molecule has 8 nitrogen and oxygen atoms in total. The number of halogens is 4. The monoisotopic (exact) mass is 444 g/mol. The molecule has 0 saturated carbocycles. The summed E-state index contributed by atoms with van der Waals surface area (Å²) < 4.78 is 40.4. The average Bonchev–Trinajstić information content (AvgIpc) is 2.66. The van der Waals surface area contributed by atoms with Gasteiger partial charge >= 0.3 is 23.2 Å². The standard InChI is InChI=1S/C18H16ClF3N4O4/c1-3-7-24-15(28)25(8-4-2)17(30)26(16(24)29)10-14(27)23-13-9-11(18(20,21)22)5-6-12(13)19/h3-6,9H,1-2,7-8,10H2,(H,23,27). The van der Waals surface area contributed by atoms with Crippen molar-refractivity contribution in [1.82, 2.24) is 13.7 Å². The van der Waals surface area contributed by atoms with Crippen molar-refractivity contribution in [2.24, 2.45) is 0 Å². The van der Waals surface area contributed by atoms with E-state index in [0.717, 1.165) is 12.1 Å². The van der Waals surface area contributed by atoms with Crippen LogP contribution in [0.15, 0.2) is 57.9 Å². The fourth-order valence-electron chi connectivity index (χ4n) is 2.52. The maximum absolute atomic E-state index is 12.9. The van der Waals surface area contributed by atoms with Crippen LogP contribution >= 0.6 is 11.6 Å². The second-order valence-corrected chi connectivity index (χ2v) is 6.38. The summed E-state index contributed by atoms with van der Waals surface area (Å²) >= 11 is 5.83. The Morgan fingerprint density at radius 2 is 1.50 bits per heavy atom. The van der Waals surface area contributed by atoms with Gasteiger partial charge in [0.2, 0.25) is 5.91 Å². The normalized spacial score (nSPS) is 11.2. The highest BCUT2D eigenvalue weighted by Crippen LogP contribution is 2.33. The molecule has 0 aliphatic heterocycles. The molecule has 0 bridgehead atoms. The molecule has 1 N–H and O–H groups in total. The number of rotatable bonds is 7. The molecule has 0 atom stereocenters. The van der Waals surface area contributed by atoms with Gasteiger partial charge in [0.05, 0.1) is 29.4 Å². The van der Waals surface area contributed by atoms with Crippen molar-refractivity contribution in [2.45, 2.75) is 25.8 Å². The molecule has 160 valence electrons. The summed E-state index contributed by atoms with van der Waals surface area (Å²) in [6.07, 6.45) is -2.17. The van der Waals surface area contributed by atoms with Gasteiger partial charge in [0.15, 0.2) is 0 Å². The minimum atomic E-state index is -4.67. The summed E-state index contributed by atoms with van der Waals surface area (Å²) in [5.41, 5.74) is -4.46. The van der Waals surface area contributed by atoms with E-state index >= 15 is 0 Å². The van der Waals surface area contributed by atoms with E-state index in [2.05, 4.69) is 18.5 Å². The molecular weight excluding hydrogens is 429 g/mol. The van der Waals surface area contributed by atoms with Crippen LogP contribution in [0.2, 0.25) is 5.02 Å². The minimum Gasteiger partial charge on any atom is -0.323 e. The third-order valence-electron chi connectivity index (χ3n) is 3.88. The highest BCUT2D eigenvalue weighted by molar-refractivity contribution is 6.33. The maximum Gasteiger partial charge on any atom is 0.416 e. The Labute approximate surface area is 172 Å². The van der Waals surface area contributed by atoms with E-state index < -0.39 is 41.3 Å². The Balaban J connectivity index is 2.46. The highest BCUT2D eigenvalue weighted by atomic mass is 35.5. The van der Waals surface area contributed by atoms with Gasteiger partial charge in [-0.15, -0.1) is 13.2 Å². The molecule has 0 aliphatic carbocycles. The first-order valence-corrected chi connectivity index (χ1v) is 8.72. The molecule has 0 aliphatic rings. The van der Waals surface area contributed by atoms with Crippen LogP contribution < -0.4 is 22.4 Å². The topological polar surface area (TPSA) is 95.1 Å². The minimum absolute atomic E-state index is 0.176. The van der Waals surface area contributed by atoms with E-state index in [4.69, 9.17) is 11.6 Å². The van der Waals surface area contributed by atoms with E-state index in [0.29, 0.717) is 19.8 Å². The van der Waals surface area contributed by atoms with Crippen molar-refractivity contribution < 1.29 is 18.0 Å². The summed E-state index contributed by atoms with van der Waals surface area (Å²) in [7, 11) is 0. The van der Waals surface area contributed by atoms with Crippen molar-refractivity contribution in [1.29, 1.82) is 0 Å². The van der Waals surface area contributed by atoms with Crippen molar-refractivity contribution in [3.8, 4) is 0 Å². The van der Waals surface area contributed by atoms with Gasteiger partial charge in [0, 0.05) is 0 Å². The number of hydrogen-bond donors (Lipinski definition) is 1. The van der Waals surface area contributed by atoms with Crippen LogP contribution in [0.3, 0.4) is 0 Å². The van der Waals surface area contributed by atoms with Gasteiger partial charge < -0.3 is 5.32 Å². The number of hydrogen-bond acceptors (Lipinski definition) is 4. The first-order chi connectivity index (χ1) is 14.0. The van der Waals surface area contributed by atoms with Crippen LogP contribution in [-0.2, 0) is 30.6 Å². The second-order valence-electron chi connectivity index (χ2n) is 5.97. The number of alkyl halides is 3. The van der Waals surface area contributed by atoms with Crippen LogP contribution in [0.1, 0.15) is 5.56 Å². The van der Waals surface area contributed by atoms with Crippen molar-refractivity contribution in [3.63, 3.8) is 0 Å². The lowest BCUT2D eigenvalue weighted by molar-refractivity contribution is -0.137. The molecule has 0 unspecified atom stereocenters. The predicted molar refractivity (Wildman–Crippen MR) is 105 cm³/mol. The third kappa shape index (κ3) is 4.79. The van der Waals surface area contributed by atoms with Gasteiger partial charge in [-0.1, -0.05) is 23.8 Å². The zero-order chi connectivity index (χ0) is 22.6. The molecule has 1 aromatic carbocycles. The fraction of sp³-hybridized carbons (Fsp3) is 0.222. The van der Waals surface area contributed by atoms with Gasteiger partial charge in [-0.25, -0.2) is 28.1 Å². The van der Waals surface area contributed by atoms with Crippen LogP contribution in [0.25, 0.3) is 0 Å². The molecule has 2 rings (SSSR count). The Morgan fingerprint density at radius 3 is 1.97 bits per heavy atom. The van der Waals surface area contributed by atoms with Crippen LogP contribution in [0.5, 0.6) is 0 Å². The summed E-state index contributed by atoms with van der Waals surface area (Å²) in [4.78, 5) is 49.6. The summed E-state index contributed by atoms with van der Waals surface area (Å²) in [5, 5.41) is 1.96. The summed E-state index contributed by atoms with van der Waals surface area (Å²) in [6, 6.07) is 2.31. The summed E-state index contributed by atoms with van der Waals surface area (Å²) in [5.74, 6) is -0.996. The molecule has 1 heterocycles. The van der Waals surface area contributed by atoms with Crippen molar-refractivity contribution in [3.05, 3.63) is 85.5 Å². The fourth-order valence-corrected chi connectivity index (χ4v) is 2.68. The number of allylic oxidation sites excluding steroid dienone is 2. The molecule has 12 heteroatoms. The lowest BCUT2D eigenvalue weighted by Crippen LogP contribution is -2.55. The molecule has 30 heavy (non-hydrogen) atoms. The Kier molecular flexibility index (Phi) is 6.88. The SMILES string of the molecule is C=CCn1c(=O)n(CC=C)c(=O)n(CC(=O)Nc2cc(C(F)(F)F)ccc2Cl)c1=O. The lowest BCUT2D eigenvalue weighted by Gasteiger charge is -2.14. The zero-order valence-corrected chi connectivity index (χ0v) is 16.2. The molecule has 1 amide bonds. The molecule has 2 aromatic rings. The van der Waals surface area contributed by atoms with Crippen molar-refractivity contribution in [2.75, 3.05) is 5.32 Å². The number of carbonyl (C=O) groups is 1. The number of nitrogens with one attached hydrogen (secondary N) is 1. The molecular formula is C18H16ClF3N4O4. The van der Waals surface area contributed by atoms with Crippen molar-refractivity contribution >= 4 is 23.2 Å². The largest absolute Gasteiger partial charge is 0.416 e. The van der Waals surface area contributed by atoms with E-state index in [1.807, 2.05) is 0 Å². The highest BCUT2D eigenvalue weighted by Gasteiger charge is 2.31. The number of amides is 1. The molecule has 0 fully saturated rings. The Hall–Kier alpha value is -3.34. The van der Waals surface area contributed by atoms with Gasteiger partial charge in [0.1, 0.15) is 6.54 Å². The van der Waals surface area contributed by atoms with E-state index in [1.54, 1.807) is 0 Å². The number of anilines is 1. The Morgan fingerprint density at radius 1 is 1.00 bits per heavy atom. The molecule has 0 radical (unpaired) electrons. The van der Waals surface area contributed by atoms with Crippen LogP contribution in [0, 0.1) is 0 Å². The maximum atomic E-state index is 12.9. The number of benzene rings is 1. The summed E-state index contributed by atoms with van der Waals surface area (Å²) in [6.45, 7) is 5.52. The molecule has 0 saturated heterocycles. The third-order valence-corrected chi connectivity index (χ3v) is 4.21. The predicted octanol–water partition coefficient (Wildman–Crippen LogP) is 1.85. The molecule has 1 aromatic heterocycles. The zero-order valence-electron chi connectivity index (χ0n) is 15.4. The number of aromatic nitrogens is 3. The van der Waals surface area contributed by atoms with Crippen LogP contribution in [-0.4, -0.2) is 19.6 Å². The van der Waals surface area contributed by atoms with Gasteiger partial charge in [-0.3, -0.25) is 4.79 Å². The van der Waals surface area contributed by atoms with Gasteiger partial charge in [0.25, 0.3) is 0 Å². The van der Waals surface area contributed by atoms with Crippen LogP contribution in [0.4, 0.5) is 18.9 Å². The van der Waals surface area contributed by atoms with Gasteiger partial charge in [-0.2, -0.15) is 13.2 Å². The first-order valence-electron chi connectivity index (χ1n) is 8.34. The lowest BCUT2D eigenvalue weighted by atomic mass is 10.2. The quantitative estimate of drug-likeness (QED) is 0.659. The molecule has 0 spiro atoms. The first kappa shape index (κ1) is 22.9. The number of nitrogens with zero attached hydrogens (tertiary/aromatic N) is 3. The Bertz CT molecular complexity index is 1130. The van der Waals surface area contributed by atoms with E-state index in [1.165, 1.54) is 12.2 Å². The second kappa shape index (κ2) is 8.99. The van der Waals surface area contributed by atoms with Gasteiger partial charge in [-0.05, 0) is 18.2 Å². The average molecular weight is 445 g/mol. The smallest absolute Gasteiger partial charge is 0.323 e. The van der Waals surface area contributed by atoms with E-state index in [-0.39, 0.29) is 23.8 Å². The van der Waals surface area contributed by atoms with E-state index in [9.17, 15) is 32.3 Å². The number of carbonyl (C=O) groups excluding carboxylic acids is 1.